The van der Waals surface area contributed by atoms with Gasteiger partial charge in [0, 0.05) is 5.69 Å². The Kier molecular flexibility index (Phi) is 7.26. The number of nitrogens with one attached hydrogen (secondary N) is 1. The van der Waals surface area contributed by atoms with Crippen molar-refractivity contribution >= 4 is 17.6 Å². The molecular weight excluding hydrogens is 370 g/mol. The van der Waals surface area contributed by atoms with Crippen molar-refractivity contribution < 1.29 is 23.8 Å². The minimum absolute atomic E-state index is 0.0286. The van der Waals surface area contributed by atoms with Gasteiger partial charge < -0.3 is 19.5 Å². The molecule has 0 aliphatic rings. The van der Waals surface area contributed by atoms with Crippen molar-refractivity contribution in [2.75, 3.05) is 12.4 Å². The molecule has 156 valence electrons. The zero-order chi connectivity index (χ0) is 21.7. The van der Waals surface area contributed by atoms with Gasteiger partial charge in [-0.05, 0) is 70.9 Å². The molecule has 0 saturated carbocycles. The monoisotopic (exact) mass is 399 g/mol. The number of aryl methyl sites for hydroxylation is 3. The first-order valence-electron chi connectivity index (χ1n) is 9.56. The molecule has 29 heavy (non-hydrogen) atoms. The van der Waals surface area contributed by atoms with Gasteiger partial charge in [-0.15, -0.1) is 0 Å². The fourth-order valence-corrected chi connectivity index (χ4v) is 3.03. The number of hydrogen-bond donors (Lipinski definition) is 1. The minimum atomic E-state index is -0.958. The summed E-state index contributed by atoms with van der Waals surface area (Å²) in [5.41, 5.74) is 4.05. The molecule has 0 saturated heterocycles. The smallest absolute Gasteiger partial charge is 0.339 e. The number of rotatable bonds is 7. The van der Waals surface area contributed by atoms with E-state index in [1.807, 2.05) is 46.8 Å². The van der Waals surface area contributed by atoms with E-state index in [4.69, 9.17) is 14.2 Å². The van der Waals surface area contributed by atoms with Crippen LogP contribution < -0.4 is 14.8 Å². The van der Waals surface area contributed by atoms with E-state index in [1.165, 1.54) is 7.11 Å². The van der Waals surface area contributed by atoms with Crippen molar-refractivity contribution in [2.45, 2.75) is 53.8 Å². The Labute approximate surface area is 172 Å². The number of methoxy groups -OCH3 is 1. The maximum absolute atomic E-state index is 12.5. The van der Waals surface area contributed by atoms with E-state index in [1.54, 1.807) is 25.1 Å². The zero-order valence-corrected chi connectivity index (χ0v) is 18.1. The molecule has 6 nitrogen and oxygen atoms in total. The van der Waals surface area contributed by atoms with E-state index in [9.17, 15) is 9.59 Å². The fraction of sp³-hybridized carbons (Fsp3) is 0.391. The van der Waals surface area contributed by atoms with Gasteiger partial charge in [0.05, 0.1) is 18.8 Å². The fourth-order valence-electron chi connectivity index (χ4n) is 3.03. The summed E-state index contributed by atoms with van der Waals surface area (Å²) in [6, 6.07) is 8.76. The summed E-state index contributed by atoms with van der Waals surface area (Å²) < 4.78 is 16.3. The third-order valence-corrected chi connectivity index (χ3v) is 4.34. The number of anilines is 1. The largest absolute Gasteiger partial charge is 0.493 e. The molecule has 0 fully saturated rings. The maximum Gasteiger partial charge on any atom is 0.339 e. The molecule has 1 unspecified atom stereocenters. The molecule has 0 aliphatic carbocycles. The van der Waals surface area contributed by atoms with Crippen LogP contribution in [0.5, 0.6) is 11.5 Å². The maximum atomic E-state index is 12.5. The Morgan fingerprint density at radius 2 is 1.55 bits per heavy atom. The van der Waals surface area contributed by atoms with Gasteiger partial charge in [0.25, 0.3) is 5.91 Å². The molecule has 2 aromatic carbocycles. The molecule has 0 heterocycles. The normalized spacial score (nSPS) is 11.7. The predicted octanol–water partition coefficient (Wildman–Crippen LogP) is 4.59. The molecule has 0 bridgehead atoms. The van der Waals surface area contributed by atoms with Crippen LogP contribution in [-0.2, 0) is 9.53 Å². The van der Waals surface area contributed by atoms with E-state index >= 15 is 0 Å². The first-order valence-corrected chi connectivity index (χ1v) is 9.56. The van der Waals surface area contributed by atoms with E-state index in [2.05, 4.69) is 5.32 Å². The lowest BCUT2D eigenvalue weighted by Crippen LogP contribution is -2.30. The van der Waals surface area contributed by atoms with Gasteiger partial charge in [-0.2, -0.15) is 0 Å². The van der Waals surface area contributed by atoms with Gasteiger partial charge in [-0.1, -0.05) is 17.7 Å². The molecule has 0 aliphatic heterocycles. The second kappa shape index (κ2) is 9.45. The van der Waals surface area contributed by atoms with Crippen LogP contribution in [0.2, 0.25) is 0 Å². The van der Waals surface area contributed by atoms with Gasteiger partial charge in [0.2, 0.25) is 0 Å². The number of carbonyl (C=O) groups excluding carboxylic acids is 2. The number of esters is 1. The summed E-state index contributed by atoms with van der Waals surface area (Å²) in [6.07, 6.45) is -0.987. The molecule has 2 rings (SSSR count). The molecule has 1 N–H and O–H groups in total. The van der Waals surface area contributed by atoms with Crippen LogP contribution in [0.4, 0.5) is 5.69 Å². The van der Waals surface area contributed by atoms with Crippen LogP contribution in [-0.4, -0.2) is 31.2 Å². The average Bonchev–Trinajstić information content (AvgIpc) is 2.64. The van der Waals surface area contributed by atoms with Gasteiger partial charge in [0.15, 0.2) is 17.6 Å². The SMILES string of the molecule is COc1cc(C(=O)OC(C)C(=O)Nc2c(C)cc(C)cc2C)ccc1OC(C)C. The van der Waals surface area contributed by atoms with Crippen LogP contribution in [0.25, 0.3) is 0 Å². The zero-order valence-electron chi connectivity index (χ0n) is 18.1. The summed E-state index contributed by atoms with van der Waals surface area (Å²) in [7, 11) is 1.50. The Morgan fingerprint density at radius 1 is 0.931 bits per heavy atom. The number of benzene rings is 2. The highest BCUT2D eigenvalue weighted by Gasteiger charge is 2.21. The summed E-state index contributed by atoms with van der Waals surface area (Å²) in [5, 5.41) is 2.85. The first-order chi connectivity index (χ1) is 13.6. The summed E-state index contributed by atoms with van der Waals surface area (Å²) >= 11 is 0. The number of amides is 1. The average molecular weight is 399 g/mol. The summed E-state index contributed by atoms with van der Waals surface area (Å²) in [5.74, 6) is -0.0363. The summed E-state index contributed by atoms with van der Waals surface area (Å²) in [6.45, 7) is 11.2. The Bertz CT molecular complexity index is 881. The van der Waals surface area contributed by atoms with Crippen molar-refractivity contribution in [3.05, 3.63) is 52.6 Å². The van der Waals surface area contributed by atoms with Crippen molar-refractivity contribution in [1.82, 2.24) is 0 Å². The Balaban J connectivity index is 2.09. The van der Waals surface area contributed by atoms with Gasteiger partial charge in [0.1, 0.15) is 0 Å². The first kappa shape index (κ1) is 22.3. The third kappa shape index (κ3) is 5.73. The molecular formula is C23H29NO5. The molecule has 0 aromatic heterocycles. The molecule has 6 heteroatoms. The van der Waals surface area contributed by atoms with Crippen LogP contribution in [0.15, 0.2) is 30.3 Å². The van der Waals surface area contributed by atoms with Crippen LogP contribution in [0.1, 0.15) is 47.8 Å². The lowest BCUT2D eigenvalue weighted by Gasteiger charge is -2.17. The van der Waals surface area contributed by atoms with Gasteiger partial charge in [-0.25, -0.2) is 4.79 Å². The number of hydrogen-bond acceptors (Lipinski definition) is 5. The minimum Gasteiger partial charge on any atom is -0.493 e. The van der Waals surface area contributed by atoms with E-state index in [0.717, 1.165) is 22.4 Å². The van der Waals surface area contributed by atoms with Crippen LogP contribution in [0.3, 0.4) is 0 Å². The molecule has 2 aromatic rings. The lowest BCUT2D eigenvalue weighted by atomic mass is 10.0. The van der Waals surface area contributed by atoms with Crippen LogP contribution in [0, 0.1) is 20.8 Å². The van der Waals surface area contributed by atoms with Crippen molar-refractivity contribution in [2.24, 2.45) is 0 Å². The lowest BCUT2D eigenvalue weighted by molar-refractivity contribution is -0.123. The highest BCUT2D eigenvalue weighted by atomic mass is 16.5. The predicted molar refractivity (Wildman–Crippen MR) is 113 cm³/mol. The second-order valence-electron chi connectivity index (χ2n) is 7.34. The van der Waals surface area contributed by atoms with Crippen molar-refractivity contribution in [3.8, 4) is 11.5 Å². The Morgan fingerprint density at radius 3 is 2.10 bits per heavy atom. The number of ether oxygens (including phenoxy) is 3. The van der Waals surface area contributed by atoms with Crippen molar-refractivity contribution in [3.63, 3.8) is 0 Å². The standard InChI is InChI=1S/C23H29NO5/c1-13(2)28-19-9-8-18(12-20(19)27-7)23(26)29-17(6)22(25)24-21-15(4)10-14(3)11-16(21)5/h8-13,17H,1-7H3,(H,24,25). The molecule has 1 amide bonds. The van der Waals surface area contributed by atoms with E-state index in [0.29, 0.717) is 11.5 Å². The van der Waals surface area contributed by atoms with Gasteiger partial charge in [-0.3, -0.25) is 4.79 Å². The quantitative estimate of drug-likeness (QED) is 0.689. The molecule has 0 spiro atoms. The van der Waals surface area contributed by atoms with E-state index in [-0.39, 0.29) is 17.6 Å². The Hall–Kier alpha value is -3.02. The number of carbonyl (C=O) groups is 2. The highest BCUT2D eigenvalue weighted by Crippen LogP contribution is 2.29. The van der Waals surface area contributed by atoms with Gasteiger partial charge >= 0.3 is 5.97 Å². The molecule has 0 radical (unpaired) electrons. The molecule has 1 atom stereocenters. The third-order valence-electron chi connectivity index (χ3n) is 4.34. The van der Waals surface area contributed by atoms with Crippen LogP contribution >= 0.6 is 0 Å². The second-order valence-corrected chi connectivity index (χ2v) is 7.34. The van der Waals surface area contributed by atoms with Crippen molar-refractivity contribution in [1.29, 1.82) is 0 Å². The van der Waals surface area contributed by atoms with E-state index < -0.39 is 12.1 Å². The highest BCUT2D eigenvalue weighted by molar-refractivity contribution is 5.98. The summed E-state index contributed by atoms with van der Waals surface area (Å²) in [4.78, 5) is 25.0. The topological polar surface area (TPSA) is 73.9 Å².